The summed E-state index contributed by atoms with van der Waals surface area (Å²) in [7, 11) is 0. The zero-order valence-electron chi connectivity index (χ0n) is 14.3. The van der Waals surface area contributed by atoms with Crippen molar-refractivity contribution in [2.24, 2.45) is 0 Å². The average molecular weight is 381 g/mol. The van der Waals surface area contributed by atoms with E-state index in [4.69, 9.17) is 16.8 Å². The lowest BCUT2D eigenvalue weighted by Gasteiger charge is -2.08. The Labute approximate surface area is 161 Å². The van der Waals surface area contributed by atoms with Crippen LogP contribution < -0.4 is 10.8 Å². The van der Waals surface area contributed by atoms with Crippen LogP contribution in [0.5, 0.6) is 0 Å². The number of hydrogen-bond acceptors (Lipinski definition) is 3. The molecule has 3 N–H and O–H groups in total. The fourth-order valence-corrected chi connectivity index (χ4v) is 2.86. The molecule has 3 aromatic rings. The molecule has 5 nitrogen and oxygen atoms in total. The molecule has 0 aliphatic heterocycles. The van der Waals surface area contributed by atoms with Crippen molar-refractivity contribution in [3.8, 4) is 11.1 Å². The Morgan fingerprint density at radius 3 is 2.26 bits per heavy atom. The molecule has 0 bridgehead atoms. The van der Waals surface area contributed by atoms with Crippen LogP contribution in [0.25, 0.3) is 11.1 Å². The fraction of sp³-hybridized carbons (Fsp3) is 0.0476. The van der Waals surface area contributed by atoms with Crippen molar-refractivity contribution in [1.82, 2.24) is 10.8 Å². The minimum absolute atomic E-state index is 0.187. The van der Waals surface area contributed by atoms with Gasteiger partial charge in [0.1, 0.15) is 0 Å². The lowest BCUT2D eigenvalue weighted by molar-refractivity contribution is 0.0706. The molecule has 0 saturated carbocycles. The maximum atomic E-state index is 12.4. The molecule has 0 heterocycles. The highest BCUT2D eigenvalue weighted by atomic mass is 35.5. The van der Waals surface area contributed by atoms with Gasteiger partial charge in [-0.1, -0.05) is 48.0 Å². The Kier molecular flexibility index (Phi) is 5.86. The van der Waals surface area contributed by atoms with Gasteiger partial charge in [0.2, 0.25) is 0 Å². The van der Waals surface area contributed by atoms with Crippen LogP contribution >= 0.6 is 11.6 Å². The second kappa shape index (κ2) is 8.49. The molecule has 0 aliphatic rings. The number of benzene rings is 3. The highest BCUT2D eigenvalue weighted by Gasteiger charge is 2.09. The highest BCUT2D eigenvalue weighted by Crippen LogP contribution is 2.21. The summed E-state index contributed by atoms with van der Waals surface area (Å²) < 4.78 is 0. The van der Waals surface area contributed by atoms with Crippen molar-refractivity contribution in [2.75, 3.05) is 0 Å². The van der Waals surface area contributed by atoms with Gasteiger partial charge in [-0.2, -0.15) is 0 Å². The predicted molar refractivity (Wildman–Crippen MR) is 104 cm³/mol. The maximum Gasteiger partial charge on any atom is 0.274 e. The Hall–Kier alpha value is -3.15. The van der Waals surface area contributed by atoms with Crippen molar-refractivity contribution in [2.45, 2.75) is 6.54 Å². The van der Waals surface area contributed by atoms with Crippen LogP contribution in [0.1, 0.15) is 26.3 Å². The summed E-state index contributed by atoms with van der Waals surface area (Å²) in [6.07, 6.45) is 0. The van der Waals surface area contributed by atoms with Gasteiger partial charge in [0.25, 0.3) is 11.8 Å². The molecule has 2 amide bonds. The second-order valence-electron chi connectivity index (χ2n) is 5.91. The standard InChI is InChI=1S/C21H17ClN2O3/c22-19-6-1-3-14(11-19)13-23-20(25)18-5-2-4-17(12-18)15-7-9-16(10-8-15)21(26)24-27/h1-12,27H,13H2,(H,23,25)(H,24,26). The summed E-state index contributed by atoms with van der Waals surface area (Å²) in [5.41, 5.74) is 5.10. The van der Waals surface area contributed by atoms with Gasteiger partial charge in [0, 0.05) is 22.7 Å². The maximum absolute atomic E-state index is 12.4. The number of carbonyl (C=O) groups excluding carboxylic acids is 2. The van der Waals surface area contributed by atoms with Gasteiger partial charge in [0.05, 0.1) is 0 Å². The van der Waals surface area contributed by atoms with Gasteiger partial charge in [-0.3, -0.25) is 14.8 Å². The Morgan fingerprint density at radius 2 is 1.56 bits per heavy atom. The van der Waals surface area contributed by atoms with Crippen LogP contribution in [-0.2, 0) is 6.54 Å². The van der Waals surface area contributed by atoms with E-state index in [1.807, 2.05) is 24.3 Å². The molecule has 3 aromatic carbocycles. The molecule has 0 atom stereocenters. The molecule has 0 aliphatic carbocycles. The number of amides is 2. The van der Waals surface area contributed by atoms with Crippen molar-refractivity contribution in [3.63, 3.8) is 0 Å². The quantitative estimate of drug-likeness (QED) is 0.461. The van der Waals surface area contributed by atoms with E-state index in [0.717, 1.165) is 16.7 Å². The molecular formula is C21H17ClN2O3. The van der Waals surface area contributed by atoms with Crippen LogP contribution in [0.4, 0.5) is 0 Å². The van der Waals surface area contributed by atoms with Gasteiger partial charge in [0.15, 0.2) is 0 Å². The number of nitrogens with one attached hydrogen (secondary N) is 2. The summed E-state index contributed by atoms with van der Waals surface area (Å²) in [5, 5.41) is 12.2. The first-order chi connectivity index (χ1) is 13.1. The van der Waals surface area contributed by atoms with Crippen molar-refractivity contribution in [3.05, 3.63) is 94.5 Å². The molecule has 0 spiro atoms. The number of rotatable bonds is 5. The summed E-state index contributed by atoms with van der Waals surface area (Å²) in [6, 6.07) is 21.3. The molecule has 27 heavy (non-hydrogen) atoms. The minimum Gasteiger partial charge on any atom is -0.348 e. The third kappa shape index (κ3) is 4.73. The molecule has 136 valence electrons. The summed E-state index contributed by atoms with van der Waals surface area (Å²) in [5.74, 6) is -0.760. The predicted octanol–water partition coefficient (Wildman–Crippen LogP) is 4.06. The van der Waals surface area contributed by atoms with E-state index in [2.05, 4.69) is 5.32 Å². The first kappa shape index (κ1) is 18.6. The molecule has 0 radical (unpaired) electrons. The van der Waals surface area contributed by atoms with Crippen molar-refractivity contribution >= 4 is 23.4 Å². The van der Waals surface area contributed by atoms with E-state index in [1.165, 1.54) is 0 Å². The molecule has 0 saturated heterocycles. The van der Waals surface area contributed by atoms with Crippen LogP contribution in [-0.4, -0.2) is 17.0 Å². The van der Waals surface area contributed by atoms with Gasteiger partial charge in [-0.25, -0.2) is 5.48 Å². The van der Waals surface area contributed by atoms with Crippen LogP contribution in [0.2, 0.25) is 5.02 Å². The summed E-state index contributed by atoms with van der Waals surface area (Å²) in [4.78, 5) is 23.8. The van der Waals surface area contributed by atoms with Crippen molar-refractivity contribution < 1.29 is 14.8 Å². The summed E-state index contributed by atoms with van der Waals surface area (Å²) in [6.45, 7) is 0.384. The summed E-state index contributed by atoms with van der Waals surface area (Å²) >= 11 is 5.95. The smallest absolute Gasteiger partial charge is 0.274 e. The average Bonchev–Trinajstić information content (AvgIpc) is 2.71. The monoisotopic (exact) mass is 380 g/mol. The van der Waals surface area contributed by atoms with Crippen LogP contribution in [0.3, 0.4) is 0 Å². The van der Waals surface area contributed by atoms with Crippen LogP contribution in [0, 0.1) is 0 Å². The van der Waals surface area contributed by atoms with E-state index in [1.54, 1.807) is 54.0 Å². The van der Waals surface area contributed by atoms with E-state index in [-0.39, 0.29) is 5.91 Å². The first-order valence-corrected chi connectivity index (χ1v) is 8.62. The SMILES string of the molecule is O=C(NO)c1ccc(-c2cccc(C(=O)NCc3cccc(Cl)c3)c2)cc1. The van der Waals surface area contributed by atoms with E-state index < -0.39 is 5.91 Å². The topological polar surface area (TPSA) is 78.4 Å². The third-order valence-electron chi connectivity index (χ3n) is 4.05. The Balaban J connectivity index is 1.72. The normalized spacial score (nSPS) is 10.3. The zero-order valence-corrected chi connectivity index (χ0v) is 15.0. The van der Waals surface area contributed by atoms with E-state index >= 15 is 0 Å². The van der Waals surface area contributed by atoms with E-state index in [0.29, 0.717) is 22.7 Å². The third-order valence-corrected chi connectivity index (χ3v) is 4.28. The number of halogens is 1. The first-order valence-electron chi connectivity index (χ1n) is 8.24. The lowest BCUT2D eigenvalue weighted by atomic mass is 10.0. The largest absolute Gasteiger partial charge is 0.348 e. The van der Waals surface area contributed by atoms with Gasteiger partial charge in [-0.05, 0) is 53.1 Å². The van der Waals surface area contributed by atoms with Crippen LogP contribution in [0.15, 0.2) is 72.8 Å². The molecule has 6 heteroatoms. The lowest BCUT2D eigenvalue weighted by Crippen LogP contribution is -2.22. The number of carbonyl (C=O) groups is 2. The molecule has 0 unspecified atom stereocenters. The molecule has 0 aromatic heterocycles. The molecule has 3 rings (SSSR count). The number of hydroxylamine groups is 1. The minimum atomic E-state index is -0.573. The van der Waals surface area contributed by atoms with Crippen molar-refractivity contribution in [1.29, 1.82) is 0 Å². The highest BCUT2D eigenvalue weighted by molar-refractivity contribution is 6.30. The van der Waals surface area contributed by atoms with Gasteiger partial charge in [-0.15, -0.1) is 0 Å². The fourth-order valence-electron chi connectivity index (χ4n) is 2.65. The number of hydrogen-bond donors (Lipinski definition) is 3. The second-order valence-corrected chi connectivity index (χ2v) is 6.35. The Bertz CT molecular complexity index is 971. The van der Waals surface area contributed by atoms with Gasteiger partial charge < -0.3 is 5.32 Å². The van der Waals surface area contributed by atoms with Gasteiger partial charge >= 0.3 is 0 Å². The zero-order chi connectivity index (χ0) is 19.2. The molecular weight excluding hydrogens is 364 g/mol. The molecule has 0 fully saturated rings. The Morgan fingerprint density at radius 1 is 0.815 bits per heavy atom. The van der Waals surface area contributed by atoms with E-state index in [9.17, 15) is 9.59 Å².